The molecule has 0 aliphatic carbocycles. The molecule has 0 heterocycles. The first kappa shape index (κ1) is 21.8. The van der Waals surface area contributed by atoms with Crippen LogP contribution in [0.2, 0.25) is 0 Å². The predicted octanol–water partition coefficient (Wildman–Crippen LogP) is 2.84. The fourth-order valence-electron chi connectivity index (χ4n) is 2.30. The lowest BCUT2D eigenvalue weighted by atomic mass is 10.0. The minimum Gasteiger partial charge on any atom is -0.390 e. The van der Waals surface area contributed by atoms with Gasteiger partial charge in [-0.15, -0.1) is 0 Å². The van der Waals surface area contributed by atoms with Gasteiger partial charge in [-0.2, -0.15) is 8.42 Å². The molecule has 134 valence electrons. The van der Waals surface area contributed by atoms with E-state index in [-0.39, 0.29) is 0 Å². The third-order valence-corrected chi connectivity index (χ3v) is 4.12. The van der Waals surface area contributed by atoms with Crippen LogP contribution >= 0.6 is 0 Å². The molecule has 3 N–H and O–H groups in total. The van der Waals surface area contributed by atoms with E-state index in [9.17, 15) is 18.6 Å². The van der Waals surface area contributed by atoms with E-state index in [2.05, 4.69) is 11.1 Å². The standard InChI is InChI=1S/C15H32O6S/c1-2-3-4-5-6-7-8-9-10-11-12-14(16)15(17)13-21-22(18,19)20/h14-17H,2-13H2,1H3,(H,18,19,20). The Morgan fingerprint density at radius 1 is 0.818 bits per heavy atom. The largest absolute Gasteiger partial charge is 0.397 e. The number of rotatable bonds is 15. The smallest absolute Gasteiger partial charge is 0.390 e. The van der Waals surface area contributed by atoms with Crippen molar-refractivity contribution in [1.29, 1.82) is 0 Å². The highest BCUT2D eigenvalue weighted by Crippen LogP contribution is 2.13. The number of aliphatic hydroxyl groups is 2. The summed E-state index contributed by atoms with van der Waals surface area (Å²) in [5, 5.41) is 19.1. The Labute approximate surface area is 134 Å². The maximum atomic E-state index is 10.3. The van der Waals surface area contributed by atoms with E-state index in [0.29, 0.717) is 6.42 Å². The van der Waals surface area contributed by atoms with Crippen LogP contribution in [0.1, 0.15) is 77.6 Å². The lowest BCUT2D eigenvalue weighted by Gasteiger charge is -2.16. The molecule has 0 radical (unpaired) electrons. The molecule has 7 heteroatoms. The van der Waals surface area contributed by atoms with Crippen LogP contribution in [-0.2, 0) is 14.6 Å². The fraction of sp³-hybridized carbons (Fsp3) is 1.00. The first-order valence-electron chi connectivity index (χ1n) is 8.34. The summed E-state index contributed by atoms with van der Waals surface area (Å²) < 4.78 is 33.1. The van der Waals surface area contributed by atoms with Crippen LogP contribution in [0.15, 0.2) is 0 Å². The van der Waals surface area contributed by atoms with E-state index in [1.165, 1.54) is 44.9 Å². The van der Waals surface area contributed by atoms with E-state index in [0.717, 1.165) is 19.3 Å². The summed E-state index contributed by atoms with van der Waals surface area (Å²) in [7, 11) is -4.57. The van der Waals surface area contributed by atoms with Gasteiger partial charge in [0.25, 0.3) is 0 Å². The molecule has 0 aromatic heterocycles. The molecular formula is C15H32O6S. The van der Waals surface area contributed by atoms with Crippen LogP contribution in [0.3, 0.4) is 0 Å². The quantitative estimate of drug-likeness (QED) is 0.313. The number of unbranched alkanes of at least 4 members (excludes halogenated alkanes) is 9. The summed E-state index contributed by atoms with van der Waals surface area (Å²) in [6.07, 6.45) is 9.88. The van der Waals surface area contributed by atoms with E-state index < -0.39 is 29.2 Å². The van der Waals surface area contributed by atoms with Crippen molar-refractivity contribution in [2.75, 3.05) is 6.61 Å². The van der Waals surface area contributed by atoms with Gasteiger partial charge < -0.3 is 10.2 Å². The molecule has 0 saturated heterocycles. The van der Waals surface area contributed by atoms with Crippen molar-refractivity contribution in [3.63, 3.8) is 0 Å². The third-order valence-electron chi connectivity index (χ3n) is 3.69. The molecule has 0 saturated carbocycles. The van der Waals surface area contributed by atoms with Gasteiger partial charge in [0, 0.05) is 0 Å². The van der Waals surface area contributed by atoms with Crippen LogP contribution in [0, 0.1) is 0 Å². The first-order chi connectivity index (χ1) is 10.4. The number of hydrogen-bond donors (Lipinski definition) is 3. The maximum absolute atomic E-state index is 10.3. The molecule has 0 aliphatic rings. The Morgan fingerprint density at radius 3 is 1.73 bits per heavy atom. The molecule has 0 aromatic carbocycles. The minimum atomic E-state index is -4.57. The van der Waals surface area contributed by atoms with Gasteiger partial charge >= 0.3 is 10.4 Å². The molecule has 22 heavy (non-hydrogen) atoms. The van der Waals surface area contributed by atoms with Gasteiger partial charge in [-0.25, -0.2) is 4.18 Å². The topological polar surface area (TPSA) is 104 Å². The van der Waals surface area contributed by atoms with Crippen molar-refractivity contribution in [3.05, 3.63) is 0 Å². The monoisotopic (exact) mass is 340 g/mol. The summed E-state index contributed by atoms with van der Waals surface area (Å²) in [5.74, 6) is 0. The van der Waals surface area contributed by atoms with E-state index in [1.54, 1.807) is 0 Å². The second-order valence-corrected chi connectivity index (χ2v) is 6.91. The summed E-state index contributed by atoms with van der Waals surface area (Å²) >= 11 is 0. The number of aliphatic hydroxyl groups excluding tert-OH is 2. The average molecular weight is 340 g/mol. The SMILES string of the molecule is CCCCCCCCCCCCC(O)C(O)COS(=O)(=O)O. The van der Waals surface area contributed by atoms with Crippen molar-refractivity contribution >= 4 is 10.4 Å². The maximum Gasteiger partial charge on any atom is 0.397 e. The Morgan fingerprint density at radius 2 is 1.27 bits per heavy atom. The van der Waals surface area contributed by atoms with Gasteiger partial charge in [0.2, 0.25) is 0 Å². The van der Waals surface area contributed by atoms with Crippen molar-refractivity contribution in [2.45, 2.75) is 89.8 Å². The second kappa shape index (κ2) is 13.2. The van der Waals surface area contributed by atoms with Crippen molar-refractivity contribution in [2.24, 2.45) is 0 Å². The van der Waals surface area contributed by atoms with Crippen LogP contribution < -0.4 is 0 Å². The lowest BCUT2D eigenvalue weighted by molar-refractivity contribution is -0.0133. The van der Waals surface area contributed by atoms with Gasteiger partial charge in [0.1, 0.15) is 6.10 Å². The van der Waals surface area contributed by atoms with E-state index >= 15 is 0 Å². The molecule has 0 aliphatic heterocycles. The molecule has 0 bridgehead atoms. The van der Waals surface area contributed by atoms with E-state index in [4.69, 9.17) is 4.55 Å². The summed E-state index contributed by atoms with van der Waals surface area (Å²) in [5.41, 5.74) is 0. The fourth-order valence-corrected chi connectivity index (χ4v) is 2.61. The minimum absolute atomic E-state index is 0.395. The van der Waals surface area contributed by atoms with Crippen LogP contribution in [0.25, 0.3) is 0 Å². The van der Waals surface area contributed by atoms with Crippen LogP contribution in [0.4, 0.5) is 0 Å². The zero-order valence-electron chi connectivity index (χ0n) is 13.6. The molecule has 2 atom stereocenters. The molecule has 0 spiro atoms. The number of hydrogen-bond acceptors (Lipinski definition) is 5. The summed E-state index contributed by atoms with van der Waals surface area (Å²) in [6.45, 7) is 1.58. The third kappa shape index (κ3) is 14.7. The lowest BCUT2D eigenvalue weighted by Crippen LogP contribution is -2.31. The molecular weight excluding hydrogens is 308 g/mol. The molecule has 0 amide bonds. The van der Waals surface area contributed by atoms with Crippen LogP contribution in [0.5, 0.6) is 0 Å². The Balaban J connectivity index is 3.43. The average Bonchev–Trinajstić information content (AvgIpc) is 2.45. The first-order valence-corrected chi connectivity index (χ1v) is 9.71. The highest BCUT2D eigenvalue weighted by molar-refractivity contribution is 7.80. The molecule has 6 nitrogen and oxygen atoms in total. The normalized spacial score (nSPS) is 14.9. The van der Waals surface area contributed by atoms with E-state index in [1.807, 2.05) is 0 Å². The molecule has 2 unspecified atom stereocenters. The predicted molar refractivity (Wildman–Crippen MR) is 86.0 cm³/mol. The molecule has 0 rings (SSSR count). The highest BCUT2D eigenvalue weighted by Gasteiger charge is 2.18. The van der Waals surface area contributed by atoms with Crippen molar-refractivity contribution in [1.82, 2.24) is 0 Å². The van der Waals surface area contributed by atoms with Gasteiger partial charge in [-0.3, -0.25) is 4.55 Å². The molecule has 0 aromatic rings. The summed E-state index contributed by atoms with van der Waals surface area (Å²) in [4.78, 5) is 0. The highest BCUT2D eigenvalue weighted by atomic mass is 32.3. The van der Waals surface area contributed by atoms with Gasteiger partial charge in [0.15, 0.2) is 0 Å². The summed E-state index contributed by atoms with van der Waals surface area (Å²) in [6, 6.07) is 0. The molecule has 0 fully saturated rings. The Hall–Kier alpha value is -0.210. The second-order valence-electron chi connectivity index (χ2n) is 5.82. The van der Waals surface area contributed by atoms with Gasteiger partial charge in [-0.05, 0) is 6.42 Å². The van der Waals surface area contributed by atoms with Crippen molar-refractivity contribution < 1.29 is 27.4 Å². The zero-order valence-corrected chi connectivity index (χ0v) is 14.4. The van der Waals surface area contributed by atoms with Gasteiger partial charge in [0.05, 0.1) is 12.7 Å². The Bertz CT molecular complexity index is 344. The van der Waals surface area contributed by atoms with Crippen molar-refractivity contribution in [3.8, 4) is 0 Å². The van der Waals surface area contributed by atoms with Gasteiger partial charge in [-0.1, -0.05) is 71.1 Å². The Kier molecular flexibility index (Phi) is 13.1. The van der Waals surface area contributed by atoms with Crippen LogP contribution in [-0.4, -0.2) is 42.0 Å². The zero-order chi connectivity index (χ0) is 16.8.